The molecule has 1 aromatic carbocycles. The van der Waals surface area contributed by atoms with Crippen LogP contribution in [0.15, 0.2) is 18.3 Å². The fraction of sp³-hybridized carbons (Fsp3) is 0.308. The van der Waals surface area contributed by atoms with Crippen molar-refractivity contribution in [1.82, 2.24) is 9.78 Å². The predicted octanol–water partition coefficient (Wildman–Crippen LogP) is 3.30. The highest BCUT2D eigenvalue weighted by Crippen LogP contribution is 2.25. The summed E-state index contributed by atoms with van der Waals surface area (Å²) in [5.41, 5.74) is 8.63. The van der Waals surface area contributed by atoms with Gasteiger partial charge in [0.15, 0.2) is 0 Å². The summed E-state index contributed by atoms with van der Waals surface area (Å²) in [6.45, 7) is 5.34. The minimum atomic E-state index is -0.279. The standard InChI is InChI=1S/C13H15ClFN3/c1-7-4-13(10(8(2)16)5-12(7)15)18-6-11(14)9(3)17-18/h4-6,8H,16H2,1-3H3. The van der Waals surface area contributed by atoms with Gasteiger partial charge in [-0.25, -0.2) is 9.07 Å². The molecule has 5 heteroatoms. The predicted molar refractivity (Wildman–Crippen MR) is 70.6 cm³/mol. The van der Waals surface area contributed by atoms with E-state index in [9.17, 15) is 4.39 Å². The number of hydrogen-bond donors (Lipinski definition) is 1. The summed E-state index contributed by atoms with van der Waals surface area (Å²) < 4.78 is 15.3. The van der Waals surface area contributed by atoms with Crippen molar-refractivity contribution in [3.63, 3.8) is 0 Å². The first-order valence-electron chi connectivity index (χ1n) is 5.68. The molecule has 0 saturated carbocycles. The zero-order valence-electron chi connectivity index (χ0n) is 10.5. The molecule has 2 rings (SSSR count). The largest absolute Gasteiger partial charge is 0.324 e. The summed E-state index contributed by atoms with van der Waals surface area (Å²) in [4.78, 5) is 0. The Morgan fingerprint density at radius 3 is 2.56 bits per heavy atom. The minimum absolute atomic E-state index is 0.263. The van der Waals surface area contributed by atoms with Gasteiger partial charge in [0.2, 0.25) is 0 Å². The van der Waals surface area contributed by atoms with E-state index >= 15 is 0 Å². The number of hydrogen-bond acceptors (Lipinski definition) is 2. The van der Waals surface area contributed by atoms with Gasteiger partial charge in [0.05, 0.1) is 16.4 Å². The number of nitrogens with zero attached hydrogens (tertiary/aromatic N) is 2. The topological polar surface area (TPSA) is 43.8 Å². The van der Waals surface area contributed by atoms with Crippen molar-refractivity contribution in [3.05, 3.63) is 46.0 Å². The van der Waals surface area contributed by atoms with E-state index in [2.05, 4.69) is 5.10 Å². The Hall–Kier alpha value is -1.39. The van der Waals surface area contributed by atoms with E-state index in [0.29, 0.717) is 16.1 Å². The van der Waals surface area contributed by atoms with Gasteiger partial charge in [0.25, 0.3) is 0 Å². The lowest BCUT2D eigenvalue weighted by Gasteiger charge is -2.14. The molecule has 0 spiro atoms. The van der Waals surface area contributed by atoms with E-state index in [1.54, 1.807) is 23.9 Å². The number of aryl methyl sites for hydroxylation is 2. The smallest absolute Gasteiger partial charge is 0.126 e. The second-order valence-corrected chi connectivity index (χ2v) is 4.86. The van der Waals surface area contributed by atoms with Crippen LogP contribution in [0.1, 0.15) is 29.8 Å². The summed E-state index contributed by atoms with van der Waals surface area (Å²) in [6, 6.07) is 2.91. The number of aromatic nitrogens is 2. The zero-order chi connectivity index (χ0) is 13.4. The molecule has 1 heterocycles. The van der Waals surface area contributed by atoms with Gasteiger partial charge in [0.1, 0.15) is 5.82 Å². The van der Waals surface area contributed by atoms with E-state index in [0.717, 1.165) is 11.4 Å². The molecule has 0 fully saturated rings. The fourth-order valence-electron chi connectivity index (χ4n) is 1.81. The van der Waals surface area contributed by atoms with Crippen molar-refractivity contribution in [1.29, 1.82) is 0 Å². The first-order valence-corrected chi connectivity index (χ1v) is 6.05. The second kappa shape index (κ2) is 4.71. The van der Waals surface area contributed by atoms with Crippen molar-refractivity contribution in [2.45, 2.75) is 26.8 Å². The molecule has 1 unspecified atom stereocenters. The van der Waals surface area contributed by atoms with Crippen LogP contribution in [0, 0.1) is 19.7 Å². The molecule has 2 aromatic rings. The Kier molecular flexibility index (Phi) is 3.41. The number of nitrogens with two attached hydrogens (primary N) is 1. The summed E-state index contributed by atoms with van der Waals surface area (Å²) in [6.07, 6.45) is 1.70. The molecule has 1 aromatic heterocycles. The Morgan fingerprint density at radius 2 is 2.06 bits per heavy atom. The van der Waals surface area contributed by atoms with Crippen LogP contribution in [0.2, 0.25) is 5.02 Å². The highest BCUT2D eigenvalue weighted by atomic mass is 35.5. The highest BCUT2D eigenvalue weighted by molar-refractivity contribution is 6.31. The van der Waals surface area contributed by atoms with Crippen molar-refractivity contribution in [2.24, 2.45) is 5.73 Å². The molecule has 2 N–H and O–H groups in total. The molecular formula is C13H15ClFN3. The van der Waals surface area contributed by atoms with Crippen LogP contribution in [0.5, 0.6) is 0 Å². The first kappa shape index (κ1) is 13.1. The molecule has 18 heavy (non-hydrogen) atoms. The lowest BCUT2D eigenvalue weighted by Crippen LogP contribution is -2.11. The van der Waals surface area contributed by atoms with Crippen LogP contribution >= 0.6 is 11.6 Å². The Bertz CT molecular complexity index is 571. The molecule has 0 radical (unpaired) electrons. The summed E-state index contributed by atoms with van der Waals surface area (Å²) in [7, 11) is 0. The average Bonchev–Trinajstić information content (AvgIpc) is 2.62. The van der Waals surface area contributed by atoms with Crippen molar-refractivity contribution in [3.8, 4) is 5.69 Å². The molecule has 0 saturated heterocycles. The van der Waals surface area contributed by atoms with E-state index in [1.807, 2.05) is 13.8 Å². The zero-order valence-corrected chi connectivity index (χ0v) is 11.3. The van der Waals surface area contributed by atoms with E-state index < -0.39 is 0 Å². The molecule has 1 atom stereocenters. The maximum Gasteiger partial charge on any atom is 0.126 e. The Balaban J connectivity index is 2.65. The molecule has 0 aliphatic heterocycles. The lowest BCUT2D eigenvalue weighted by molar-refractivity contribution is 0.611. The molecule has 0 bridgehead atoms. The summed E-state index contributed by atoms with van der Waals surface area (Å²) >= 11 is 5.99. The molecule has 0 aliphatic rings. The van der Waals surface area contributed by atoms with Crippen LogP contribution in [0.3, 0.4) is 0 Å². The van der Waals surface area contributed by atoms with Gasteiger partial charge in [0, 0.05) is 12.2 Å². The van der Waals surface area contributed by atoms with Gasteiger partial charge in [-0.05, 0) is 44.0 Å². The maximum atomic E-state index is 13.6. The number of rotatable bonds is 2. The van der Waals surface area contributed by atoms with E-state index in [1.165, 1.54) is 6.07 Å². The number of halogens is 2. The normalized spacial score (nSPS) is 12.8. The van der Waals surface area contributed by atoms with E-state index in [-0.39, 0.29) is 11.9 Å². The molecular weight excluding hydrogens is 253 g/mol. The quantitative estimate of drug-likeness (QED) is 0.907. The first-order chi connectivity index (χ1) is 8.40. The van der Waals surface area contributed by atoms with Gasteiger partial charge in [-0.15, -0.1) is 0 Å². The molecule has 96 valence electrons. The fourth-order valence-corrected chi connectivity index (χ4v) is 1.94. The Morgan fingerprint density at radius 1 is 1.39 bits per heavy atom. The Labute approximate surface area is 110 Å². The van der Waals surface area contributed by atoms with Crippen LogP contribution in [-0.4, -0.2) is 9.78 Å². The van der Waals surface area contributed by atoms with Crippen LogP contribution in [0.4, 0.5) is 4.39 Å². The van der Waals surface area contributed by atoms with E-state index in [4.69, 9.17) is 17.3 Å². The molecule has 3 nitrogen and oxygen atoms in total. The third-order valence-corrected chi connectivity index (χ3v) is 3.26. The van der Waals surface area contributed by atoms with Gasteiger partial charge in [-0.3, -0.25) is 0 Å². The van der Waals surface area contributed by atoms with Gasteiger partial charge in [-0.2, -0.15) is 5.10 Å². The van der Waals surface area contributed by atoms with Crippen molar-refractivity contribution < 1.29 is 4.39 Å². The van der Waals surface area contributed by atoms with Crippen LogP contribution in [-0.2, 0) is 0 Å². The second-order valence-electron chi connectivity index (χ2n) is 4.46. The van der Waals surface area contributed by atoms with Gasteiger partial charge >= 0.3 is 0 Å². The summed E-state index contributed by atoms with van der Waals surface area (Å²) in [5, 5.41) is 4.88. The minimum Gasteiger partial charge on any atom is -0.324 e. The van der Waals surface area contributed by atoms with Crippen molar-refractivity contribution >= 4 is 11.6 Å². The summed E-state index contributed by atoms with van der Waals surface area (Å²) in [5.74, 6) is -0.263. The average molecular weight is 268 g/mol. The van der Waals surface area contributed by atoms with Crippen LogP contribution in [0.25, 0.3) is 5.69 Å². The van der Waals surface area contributed by atoms with Gasteiger partial charge < -0.3 is 5.73 Å². The SMILES string of the molecule is Cc1cc(-n2cc(Cl)c(C)n2)c(C(C)N)cc1F. The third-order valence-electron chi connectivity index (χ3n) is 2.88. The van der Waals surface area contributed by atoms with Crippen molar-refractivity contribution in [2.75, 3.05) is 0 Å². The van der Waals surface area contributed by atoms with Gasteiger partial charge in [-0.1, -0.05) is 11.6 Å². The third kappa shape index (κ3) is 2.26. The maximum absolute atomic E-state index is 13.6. The molecule has 0 amide bonds. The van der Waals surface area contributed by atoms with Crippen LogP contribution < -0.4 is 5.73 Å². The monoisotopic (exact) mass is 267 g/mol. The molecule has 0 aliphatic carbocycles. The number of benzene rings is 1. The lowest BCUT2D eigenvalue weighted by atomic mass is 10.0. The highest BCUT2D eigenvalue weighted by Gasteiger charge is 2.14.